The van der Waals surface area contributed by atoms with Crippen LogP contribution >= 0.6 is 0 Å². The van der Waals surface area contributed by atoms with E-state index in [1.54, 1.807) is 6.20 Å². The van der Waals surface area contributed by atoms with Crippen molar-refractivity contribution in [1.82, 2.24) is 20.4 Å². The quantitative estimate of drug-likeness (QED) is 0.553. The molecule has 152 valence electrons. The summed E-state index contributed by atoms with van der Waals surface area (Å²) in [4.78, 5) is 4.78. The average molecular weight is 402 g/mol. The standard InChI is InChI=1S/C21H31N5OS/c1-3-22-21(25-18-9-6-11-20(15-18)28(27)4-2)23-16-17-8-5-10-19(14-17)26-13-7-12-24-26/h5,7-8,10,12-14,18,20H,3-4,6,9,11,15-16H2,1-2H3,(H2,22,23,25). The van der Waals surface area contributed by atoms with Gasteiger partial charge in [0.1, 0.15) is 0 Å². The van der Waals surface area contributed by atoms with Crippen LogP contribution < -0.4 is 10.6 Å². The number of nitrogens with zero attached hydrogens (tertiary/aromatic N) is 3. The first kappa shape index (κ1) is 20.6. The highest BCUT2D eigenvalue weighted by Gasteiger charge is 2.26. The average Bonchev–Trinajstić information content (AvgIpc) is 3.27. The molecule has 3 atom stereocenters. The van der Waals surface area contributed by atoms with E-state index in [1.165, 1.54) is 0 Å². The molecule has 0 aliphatic heterocycles. The summed E-state index contributed by atoms with van der Waals surface area (Å²) >= 11 is 0. The molecule has 1 fully saturated rings. The van der Waals surface area contributed by atoms with Crippen molar-refractivity contribution in [2.75, 3.05) is 12.3 Å². The third-order valence-electron chi connectivity index (χ3n) is 5.07. The molecule has 0 radical (unpaired) electrons. The van der Waals surface area contributed by atoms with E-state index >= 15 is 0 Å². The van der Waals surface area contributed by atoms with Gasteiger partial charge >= 0.3 is 0 Å². The van der Waals surface area contributed by atoms with Gasteiger partial charge in [0.05, 0.1) is 12.2 Å². The van der Waals surface area contributed by atoms with Gasteiger partial charge in [0.15, 0.2) is 5.96 Å². The number of guanidine groups is 1. The minimum atomic E-state index is -0.712. The third kappa shape index (κ3) is 5.67. The second-order valence-electron chi connectivity index (χ2n) is 7.11. The summed E-state index contributed by atoms with van der Waals surface area (Å²) in [7, 11) is -0.712. The number of benzene rings is 1. The Morgan fingerprint density at radius 1 is 1.32 bits per heavy atom. The molecule has 6 nitrogen and oxygen atoms in total. The maximum Gasteiger partial charge on any atom is 0.191 e. The second kappa shape index (κ2) is 10.4. The van der Waals surface area contributed by atoms with Crippen LogP contribution in [0, 0.1) is 0 Å². The van der Waals surface area contributed by atoms with Crippen LogP contribution in [0.5, 0.6) is 0 Å². The number of hydrogen-bond acceptors (Lipinski definition) is 3. The molecule has 1 heterocycles. The predicted octanol–water partition coefficient (Wildman–Crippen LogP) is 3.01. The number of hydrogen-bond donors (Lipinski definition) is 2. The first-order valence-corrected chi connectivity index (χ1v) is 11.6. The van der Waals surface area contributed by atoms with E-state index in [4.69, 9.17) is 4.99 Å². The Bertz CT molecular complexity index is 790. The molecule has 1 aromatic carbocycles. The van der Waals surface area contributed by atoms with E-state index in [1.807, 2.05) is 36.0 Å². The van der Waals surface area contributed by atoms with Crippen LogP contribution in [-0.2, 0) is 17.3 Å². The molecule has 0 amide bonds. The Morgan fingerprint density at radius 2 is 2.21 bits per heavy atom. The van der Waals surface area contributed by atoms with E-state index in [9.17, 15) is 4.21 Å². The van der Waals surface area contributed by atoms with Gasteiger partial charge in [0.2, 0.25) is 0 Å². The zero-order valence-electron chi connectivity index (χ0n) is 16.8. The molecule has 7 heteroatoms. The Labute approximate surface area is 170 Å². The van der Waals surface area contributed by atoms with E-state index in [0.29, 0.717) is 17.8 Å². The SMILES string of the molecule is CCNC(=NCc1cccc(-n2cccn2)c1)NC1CCCC(S(=O)CC)C1. The molecular weight excluding hydrogens is 370 g/mol. The lowest BCUT2D eigenvalue weighted by Crippen LogP contribution is -2.46. The Hall–Kier alpha value is -2.15. The molecule has 1 saturated carbocycles. The fourth-order valence-electron chi connectivity index (χ4n) is 3.65. The number of aromatic nitrogens is 2. The van der Waals surface area contributed by atoms with Gasteiger partial charge in [-0.25, -0.2) is 9.67 Å². The number of nitrogens with one attached hydrogen (secondary N) is 2. The molecule has 1 aromatic heterocycles. The number of rotatable bonds is 7. The van der Waals surface area contributed by atoms with Crippen molar-refractivity contribution in [2.45, 2.75) is 57.4 Å². The van der Waals surface area contributed by atoms with Gasteiger partial charge in [0.25, 0.3) is 0 Å². The molecule has 1 aliphatic rings. The largest absolute Gasteiger partial charge is 0.357 e. The molecular formula is C21H31N5OS. The minimum absolute atomic E-state index is 0.310. The Kier molecular flexibility index (Phi) is 7.65. The molecule has 0 spiro atoms. The molecule has 28 heavy (non-hydrogen) atoms. The van der Waals surface area contributed by atoms with Gasteiger partial charge in [-0.3, -0.25) is 4.21 Å². The Balaban J connectivity index is 1.64. The van der Waals surface area contributed by atoms with Crippen molar-refractivity contribution in [1.29, 1.82) is 0 Å². The molecule has 1 aliphatic carbocycles. The van der Waals surface area contributed by atoms with E-state index in [-0.39, 0.29) is 0 Å². The minimum Gasteiger partial charge on any atom is -0.357 e. The topological polar surface area (TPSA) is 71.3 Å². The molecule has 0 bridgehead atoms. The smallest absolute Gasteiger partial charge is 0.191 e. The zero-order chi connectivity index (χ0) is 19.8. The fraction of sp³-hybridized carbons (Fsp3) is 0.524. The summed E-state index contributed by atoms with van der Waals surface area (Å²) < 4.78 is 14.0. The van der Waals surface area contributed by atoms with Crippen molar-refractivity contribution in [2.24, 2.45) is 4.99 Å². The van der Waals surface area contributed by atoms with Crippen molar-refractivity contribution in [3.05, 3.63) is 48.3 Å². The summed E-state index contributed by atoms with van der Waals surface area (Å²) in [6, 6.07) is 10.5. The van der Waals surface area contributed by atoms with Gasteiger partial charge < -0.3 is 10.6 Å². The number of aliphatic imine (C=N–C) groups is 1. The molecule has 2 aromatic rings. The highest BCUT2D eigenvalue weighted by Crippen LogP contribution is 2.23. The van der Waals surface area contributed by atoms with E-state index in [0.717, 1.165) is 55.2 Å². The first-order chi connectivity index (χ1) is 13.7. The maximum atomic E-state index is 12.2. The summed E-state index contributed by atoms with van der Waals surface area (Å²) in [5.41, 5.74) is 2.17. The lowest BCUT2D eigenvalue weighted by atomic mass is 9.95. The predicted molar refractivity (Wildman–Crippen MR) is 116 cm³/mol. The summed E-state index contributed by atoms with van der Waals surface area (Å²) in [5.74, 6) is 1.58. The van der Waals surface area contributed by atoms with Crippen LogP contribution in [0.4, 0.5) is 0 Å². The normalized spacial score (nSPS) is 21.3. The van der Waals surface area contributed by atoms with E-state index < -0.39 is 10.8 Å². The van der Waals surface area contributed by atoms with Crippen LogP contribution in [0.15, 0.2) is 47.7 Å². The van der Waals surface area contributed by atoms with Crippen molar-refractivity contribution >= 4 is 16.8 Å². The van der Waals surface area contributed by atoms with Crippen molar-refractivity contribution in [3.63, 3.8) is 0 Å². The lowest BCUT2D eigenvalue weighted by molar-refractivity contribution is 0.413. The van der Waals surface area contributed by atoms with Crippen molar-refractivity contribution in [3.8, 4) is 5.69 Å². The van der Waals surface area contributed by atoms with Crippen molar-refractivity contribution < 1.29 is 4.21 Å². The zero-order valence-corrected chi connectivity index (χ0v) is 17.6. The molecule has 3 unspecified atom stereocenters. The summed E-state index contributed by atoms with van der Waals surface area (Å²) in [5, 5.41) is 11.5. The first-order valence-electron chi connectivity index (χ1n) is 10.2. The van der Waals surface area contributed by atoms with Gasteiger partial charge in [0, 0.05) is 46.8 Å². The summed E-state index contributed by atoms with van der Waals surface area (Å²) in [6.07, 6.45) is 7.98. The highest BCUT2D eigenvalue weighted by molar-refractivity contribution is 7.85. The van der Waals surface area contributed by atoms with Gasteiger partial charge in [-0.05, 0) is 49.9 Å². The molecule has 2 N–H and O–H groups in total. The van der Waals surface area contributed by atoms with Crippen LogP contribution in [0.25, 0.3) is 5.69 Å². The van der Waals surface area contributed by atoms with E-state index in [2.05, 4.69) is 34.8 Å². The fourth-order valence-corrected chi connectivity index (χ4v) is 5.00. The molecule has 3 rings (SSSR count). The third-order valence-corrected chi connectivity index (χ3v) is 6.81. The maximum absolute atomic E-state index is 12.2. The summed E-state index contributed by atoms with van der Waals surface area (Å²) in [6.45, 7) is 5.50. The van der Waals surface area contributed by atoms with Crippen LogP contribution in [0.3, 0.4) is 0 Å². The van der Waals surface area contributed by atoms with Crippen LogP contribution in [0.2, 0.25) is 0 Å². The van der Waals surface area contributed by atoms with Crippen LogP contribution in [0.1, 0.15) is 45.1 Å². The van der Waals surface area contributed by atoms with Gasteiger partial charge in [-0.15, -0.1) is 0 Å². The lowest BCUT2D eigenvalue weighted by Gasteiger charge is -2.30. The van der Waals surface area contributed by atoms with Gasteiger partial charge in [-0.1, -0.05) is 25.5 Å². The van der Waals surface area contributed by atoms with Crippen LogP contribution in [-0.4, -0.2) is 43.5 Å². The Morgan fingerprint density at radius 3 is 2.96 bits per heavy atom. The second-order valence-corrected chi connectivity index (χ2v) is 9.12. The highest BCUT2D eigenvalue weighted by atomic mass is 32.2. The monoisotopic (exact) mass is 401 g/mol. The van der Waals surface area contributed by atoms with Gasteiger partial charge in [-0.2, -0.15) is 5.10 Å². The molecule has 0 saturated heterocycles.